The molecular weight excluding hydrogens is 174 g/mol. The van der Waals surface area contributed by atoms with E-state index in [1.165, 1.54) is 23.1 Å². The molecule has 1 heterocycles. The maximum Gasteiger partial charge on any atom is 0.116 e. The van der Waals surface area contributed by atoms with Crippen LogP contribution in [-0.2, 0) is 0 Å². The number of hydrogen-bond donors (Lipinski definition) is 2. The lowest BCUT2D eigenvalue weighted by Crippen LogP contribution is -2.09. The van der Waals surface area contributed by atoms with E-state index in [0.717, 1.165) is 13.1 Å². The molecule has 1 aromatic rings. The zero-order valence-electron chi connectivity index (χ0n) is 8.80. The fourth-order valence-corrected chi connectivity index (χ4v) is 2.50. The second-order valence-corrected chi connectivity index (χ2v) is 4.18. The number of benzene rings is 1. The summed E-state index contributed by atoms with van der Waals surface area (Å²) in [6.07, 6.45) is 1.21. The molecule has 1 aliphatic rings. The highest BCUT2D eigenvalue weighted by molar-refractivity contribution is 5.43. The van der Waals surface area contributed by atoms with Gasteiger partial charge in [-0.3, -0.25) is 0 Å². The molecule has 0 spiro atoms. The molecule has 0 bridgehead atoms. The predicted molar refractivity (Wildman–Crippen MR) is 57.8 cm³/mol. The summed E-state index contributed by atoms with van der Waals surface area (Å²) < 4.78 is 0. The normalized spacial score (nSPS) is 21.4. The van der Waals surface area contributed by atoms with E-state index in [1.54, 1.807) is 0 Å². The Kier molecular flexibility index (Phi) is 2.46. The summed E-state index contributed by atoms with van der Waals surface area (Å²) in [4.78, 5) is 0. The van der Waals surface area contributed by atoms with Crippen molar-refractivity contribution < 1.29 is 5.11 Å². The largest absolute Gasteiger partial charge is 0.508 e. The Bertz CT molecular complexity index is 317. The predicted octanol–water partition coefficient (Wildman–Crippen LogP) is 2.09. The molecule has 76 valence electrons. The summed E-state index contributed by atoms with van der Waals surface area (Å²) >= 11 is 0. The first-order valence-electron chi connectivity index (χ1n) is 5.19. The molecule has 2 N–H and O–H groups in total. The van der Waals surface area contributed by atoms with E-state index in [4.69, 9.17) is 0 Å². The van der Waals surface area contributed by atoms with E-state index in [9.17, 15) is 5.11 Å². The SMILES string of the molecule is Cc1cc(O)cc(C)c1C1CCNC1. The van der Waals surface area contributed by atoms with Gasteiger partial charge in [-0.05, 0) is 61.6 Å². The zero-order valence-corrected chi connectivity index (χ0v) is 8.80. The first-order chi connectivity index (χ1) is 6.68. The van der Waals surface area contributed by atoms with E-state index in [0.29, 0.717) is 11.7 Å². The van der Waals surface area contributed by atoms with Crippen LogP contribution in [0.5, 0.6) is 5.75 Å². The van der Waals surface area contributed by atoms with Crippen LogP contribution in [0.3, 0.4) is 0 Å². The van der Waals surface area contributed by atoms with Crippen molar-refractivity contribution in [2.75, 3.05) is 13.1 Å². The van der Waals surface area contributed by atoms with Crippen LogP contribution < -0.4 is 5.32 Å². The Morgan fingerprint density at radius 2 is 1.93 bits per heavy atom. The van der Waals surface area contributed by atoms with Crippen LogP contribution in [0.4, 0.5) is 0 Å². The van der Waals surface area contributed by atoms with Gasteiger partial charge in [0.2, 0.25) is 0 Å². The Morgan fingerprint density at radius 3 is 2.43 bits per heavy atom. The van der Waals surface area contributed by atoms with Crippen LogP contribution in [0.1, 0.15) is 29.0 Å². The van der Waals surface area contributed by atoms with Crippen molar-refractivity contribution in [2.45, 2.75) is 26.2 Å². The van der Waals surface area contributed by atoms with Crippen molar-refractivity contribution in [3.63, 3.8) is 0 Å². The minimum absolute atomic E-state index is 0.384. The van der Waals surface area contributed by atoms with Crippen LogP contribution in [0.2, 0.25) is 0 Å². The van der Waals surface area contributed by atoms with Crippen LogP contribution >= 0.6 is 0 Å². The Morgan fingerprint density at radius 1 is 1.29 bits per heavy atom. The summed E-state index contributed by atoms with van der Waals surface area (Å²) in [6.45, 7) is 6.36. The molecule has 2 rings (SSSR count). The third-order valence-corrected chi connectivity index (χ3v) is 3.05. The lowest BCUT2D eigenvalue weighted by atomic mass is 9.90. The van der Waals surface area contributed by atoms with Crippen LogP contribution in [-0.4, -0.2) is 18.2 Å². The van der Waals surface area contributed by atoms with E-state index in [1.807, 2.05) is 12.1 Å². The highest BCUT2D eigenvalue weighted by Crippen LogP contribution is 2.30. The summed E-state index contributed by atoms with van der Waals surface area (Å²) in [5, 5.41) is 12.8. The van der Waals surface area contributed by atoms with Gasteiger partial charge in [-0.25, -0.2) is 0 Å². The molecular formula is C12H17NO. The van der Waals surface area contributed by atoms with Crippen molar-refractivity contribution in [2.24, 2.45) is 0 Å². The molecule has 1 aromatic carbocycles. The monoisotopic (exact) mass is 191 g/mol. The topological polar surface area (TPSA) is 32.3 Å². The molecule has 1 saturated heterocycles. The Labute approximate surface area is 85.0 Å². The van der Waals surface area contributed by atoms with Crippen LogP contribution in [0, 0.1) is 13.8 Å². The van der Waals surface area contributed by atoms with Crippen molar-refractivity contribution in [3.8, 4) is 5.75 Å². The van der Waals surface area contributed by atoms with Gasteiger partial charge in [0.25, 0.3) is 0 Å². The molecule has 0 aromatic heterocycles. The van der Waals surface area contributed by atoms with Crippen molar-refractivity contribution in [3.05, 3.63) is 28.8 Å². The van der Waals surface area contributed by atoms with Gasteiger partial charge in [0.05, 0.1) is 0 Å². The molecule has 1 aliphatic heterocycles. The molecule has 1 atom stereocenters. The van der Waals surface area contributed by atoms with Gasteiger partial charge in [0, 0.05) is 6.54 Å². The number of hydrogen-bond acceptors (Lipinski definition) is 2. The first-order valence-corrected chi connectivity index (χ1v) is 5.19. The maximum atomic E-state index is 9.45. The van der Waals surface area contributed by atoms with Crippen LogP contribution in [0.25, 0.3) is 0 Å². The first kappa shape index (κ1) is 9.53. The van der Waals surface area contributed by atoms with Gasteiger partial charge < -0.3 is 10.4 Å². The van der Waals surface area contributed by atoms with E-state index >= 15 is 0 Å². The zero-order chi connectivity index (χ0) is 10.1. The van der Waals surface area contributed by atoms with Gasteiger partial charge >= 0.3 is 0 Å². The average Bonchev–Trinajstić information content (AvgIpc) is 2.54. The smallest absolute Gasteiger partial charge is 0.116 e. The molecule has 0 aliphatic carbocycles. The molecule has 2 heteroatoms. The number of aromatic hydroxyl groups is 1. The molecule has 1 unspecified atom stereocenters. The molecule has 0 radical (unpaired) electrons. The van der Waals surface area contributed by atoms with E-state index in [2.05, 4.69) is 19.2 Å². The summed E-state index contributed by atoms with van der Waals surface area (Å²) in [6, 6.07) is 3.72. The third kappa shape index (κ3) is 1.62. The van der Waals surface area contributed by atoms with Gasteiger partial charge in [0.1, 0.15) is 5.75 Å². The Hall–Kier alpha value is -1.02. The van der Waals surface area contributed by atoms with Gasteiger partial charge in [-0.15, -0.1) is 0 Å². The quantitative estimate of drug-likeness (QED) is 0.712. The molecule has 1 fully saturated rings. The molecule has 14 heavy (non-hydrogen) atoms. The third-order valence-electron chi connectivity index (χ3n) is 3.05. The van der Waals surface area contributed by atoms with Crippen molar-refractivity contribution in [1.29, 1.82) is 0 Å². The standard InChI is InChI=1S/C12H17NO/c1-8-5-11(14)6-9(2)12(8)10-3-4-13-7-10/h5-6,10,13-14H,3-4,7H2,1-2H3. The van der Waals surface area contributed by atoms with Crippen LogP contribution in [0.15, 0.2) is 12.1 Å². The Balaban J connectivity index is 2.40. The summed E-state index contributed by atoms with van der Waals surface area (Å²) in [7, 11) is 0. The fraction of sp³-hybridized carbons (Fsp3) is 0.500. The lowest BCUT2D eigenvalue weighted by Gasteiger charge is -2.16. The van der Waals surface area contributed by atoms with Gasteiger partial charge in [0.15, 0.2) is 0 Å². The van der Waals surface area contributed by atoms with Crippen molar-refractivity contribution in [1.82, 2.24) is 5.32 Å². The number of aryl methyl sites for hydroxylation is 2. The number of phenolic OH excluding ortho intramolecular Hbond substituents is 1. The molecule has 0 saturated carbocycles. The maximum absolute atomic E-state index is 9.45. The number of phenols is 1. The highest BCUT2D eigenvalue weighted by Gasteiger charge is 2.20. The minimum atomic E-state index is 0.384. The summed E-state index contributed by atoms with van der Waals surface area (Å²) in [5.41, 5.74) is 3.86. The van der Waals surface area contributed by atoms with E-state index < -0.39 is 0 Å². The molecule has 2 nitrogen and oxygen atoms in total. The second-order valence-electron chi connectivity index (χ2n) is 4.18. The van der Waals surface area contributed by atoms with E-state index in [-0.39, 0.29) is 0 Å². The van der Waals surface area contributed by atoms with Crippen molar-refractivity contribution >= 4 is 0 Å². The summed E-state index contributed by atoms with van der Waals surface area (Å²) in [5.74, 6) is 1.02. The minimum Gasteiger partial charge on any atom is -0.508 e. The second kappa shape index (κ2) is 3.62. The number of rotatable bonds is 1. The fourth-order valence-electron chi connectivity index (χ4n) is 2.50. The lowest BCUT2D eigenvalue weighted by molar-refractivity contribution is 0.473. The van der Waals surface area contributed by atoms with Gasteiger partial charge in [-0.2, -0.15) is 0 Å². The average molecular weight is 191 g/mol. The number of nitrogens with one attached hydrogen (secondary N) is 1. The van der Waals surface area contributed by atoms with Gasteiger partial charge in [-0.1, -0.05) is 0 Å². The molecule has 0 amide bonds. The highest BCUT2D eigenvalue weighted by atomic mass is 16.3.